The van der Waals surface area contributed by atoms with E-state index in [1.807, 2.05) is 0 Å². The number of carbonyl (C=O) groups is 2. The Kier molecular flexibility index (Phi) is 3.76. The third-order valence-corrected chi connectivity index (χ3v) is 2.37. The second-order valence-corrected chi connectivity index (χ2v) is 3.41. The maximum absolute atomic E-state index is 11.6. The van der Waals surface area contributed by atoms with Crippen molar-refractivity contribution in [2.75, 3.05) is 7.11 Å². The number of esters is 1. The normalized spacial score (nSPS) is 11.9. The number of hydrogen-bond acceptors (Lipinski definition) is 4. The number of methoxy groups -OCH3 is 1. The second-order valence-electron chi connectivity index (χ2n) is 2.49. The lowest BCUT2D eigenvalue weighted by atomic mass is 10.1. The maximum Gasteiger partial charge on any atom is 0.327 e. The first-order valence-electron chi connectivity index (χ1n) is 3.83. The average molecular weight is 258 g/mol. The Bertz CT molecular complexity index is 339. The van der Waals surface area contributed by atoms with Gasteiger partial charge in [0.1, 0.15) is 0 Å². The molecule has 74 valence electrons. The van der Waals surface area contributed by atoms with E-state index in [1.54, 1.807) is 18.3 Å². The Balaban J connectivity index is 2.81. The molecule has 0 spiro atoms. The fourth-order valence-electron chi connectivity index (χ4n) is 0.865. The molecule has 0 amide bonds. The van der Waals surface area contributed by atoms with E-state index >= 15 is 0 Å². The van der Waals surface area contributed by atoms with Crippen LogP contribution in [-0.2, 0) is 9.53 Å². The van der Waals surface area contributed by atoms with Crippen molar-refractivity contribution in [3.05, 3.63) is 30.1 Å². The molecule has 0 radical (unpaired) electrons. The van der Waals surface area contributed by atoms with E-state index in [-0.39, 0.29) is 5.78 Å². The number of rotatable bonds is 3. The van der Waals surface area contributed by atoms with Gasteiger partial charge in [0.2, 0.25) is 0 Å². The lowest BCUT2D eigenvalue weighted by molar-refractivity contribution is -0.138. The number of aromatic nitrogens is 1. The lowest BCUT2D eigenvalue weighted by Gasteiger charge is -2.05. The van der Waals surface area contributed by atoms with Gasteiger partial charge in [-0.2, -0.15) is 0 Å². The average Bonchev–Trinajstić information content (AvgIpc) is 2.27. The lowest BCUT2D eigenvalue weighted by Crippen LogP contribution is -2.25. The molecule has 0 aliphatic carbocycles. The molecular weight excluding hydrogens is 250 g/mol. The first-order valence-corrected chi connectivity index (χ1v) is 4.74. The number of pyridine rings is 1. The molecule has 1 atom stereocenters. The van der Waals surface area contributed by atoms with Gasteiger partial charge < -0.3 is 4.74 Å². The third-order valence-electron chi connectivity index (χ3n) is 1.58. The zero-order chi connectivity index (χ0) is 10.6. The van der Waals surface area contributed by atoms with Gasteiger partial charge in [0.05, 0.1) is 7.11 Å². The molecule has 0 aromatic carbocycles. The molecule has 1 aromatic heterocycles. The number of carbonyl (C=O) groups excluding carboxylic acids is 2. The summed E-state index contributed by atoms with van der Waals surface area (Å²) in [6, 6.07) is 3.22. The van der Waals surface area contributed by atoms with Gasteiger partial charge in [-0.3, -0.25) is 14.6 Å². The molecule has 1 aromatic rings. The second kappa shape index (κ2) is 4.85. The van der Waals surface area contributed by atoms with Gasteiger partial charge >= 0.3 is 5.97 Å². The highest BCUT2D eigenvalue weighted by atomic mass is 79.9. The number of ketones is 1. The van der Waals surface area contributed by atoms with Gasteiger partial charge in [-0.15, -0.1) is 0 Å². The maximum atomic E-state index is 11.6. The quantitative estimate of drug-likeness (QED) is 0.354. The van der Waals surface area contributed by atoms with Crippen LogP contribution in [0.15, 0.2) is 24.5 Å². The topological polar surface area (TPSA) is 56.3 Å². The summed E-state index contributed by atoms with van der Waals surface area (Å²) >= 11 is 2.95. The highest BCUT2D eigenvalue weighted by Gasteiger charge is 2.25. The summed E-state index contributed by atoms with van der Waals surface area (Å²) in [4.78, 5) is 25.4. The van der Waals surface area contributed by atoms with Crippen LogP contribution in [0.5, 0.6) is 0 Å². The predicted octanol–water partition coefficient (Wildman–Crippen LogP) is 1.20. The number of hydrogen-bond donors (Lipinski definition) is 0. The van der Waals surface area contributed by atoms with E-state index in [2.05, 4.69) is 25.7 Å². The van der Waals surface area contributed by atoms with Crippen LogP contribution in [0.1, 0.15) is 10.4 Å². The van der Waals surface area contributed by atoms with Crippen LogP contribution in [0.2, 0.25) is 0 Å². The van der Waals surface area contributed by atoms with Gasteiger partial charge in [0.25, 0.3) is 0 Å². The molecule has 0 fully saturated rings. The molecule has 0 saturated carbocycles. The molecule has 0 saturated heterocycles. The Hall–Kier alpha value is -1.23. The van der Waals surface area contributed by atoms with E-state index in [1.165, 1.54) is 13.3 Å². The SMILES string of the molecule is COC(=O)[C@@H](Br)C(=O)c1cccnc1. The smallest absolute Gasteiger partial charge is 0.327 e. The predicted molar refractivity (Wildman–Crippen MR) is 53.3 cm³/mol. The van der Waals surface area contributed by atoms with Crippen LogP contribution in [0.4, 0.5) is 0 Å². The largest absolute Gasteiger partial charge is 0.468 e. The van der Waals surface area contributed by atoms with Gasteiger partial charge in [0.15, 0.2) is 10.6 Å². The third kappa shape index (κ3) is 2.38. The van der Waals surface area contributed by atoms with Crippen molar-refractivity contribution >= 4 is 27.7 Å². The minimum atomic E-state index is -0.961. The van der Waals surface area contributed by atoms with Gasteiger partial charge in [0, 0.05) is 18.0 Å². The number of halogens is 1. The van der Waals surface area contributed by atoms with Crippen LogP contribution >= 0.6 is 15.9 Å². The Morgan fingerprint density at radius 3 is 2.79 bits per heavy atom. The first-order chi connectivity index (χ1) is 6.66. The summed E-state index contributed by atoms with van der Waals surface area (Å²) in [5.74, 6) is -0.969. The van der Waals surface area contributed by atoms with Gasteiger partial charge in [-0.05, 0) is 12.1 Å². The molecule has 0 bridgehead atoms. The highest BCUT2D eigenvalue weighted by Crippen LogP contribution is 2.10. The summed E-state index contributed by atoms with van der Waals surface area (Å²) < 4.78 is 4.43. The van der Waals surface area contributed by atoms with E-state index in [0.29, 0.717) is 5.56 Å². The van der Waals surface area contributed by atoms with Gasteiger partial charge in [-0.25, -0.2) is 0 Å². The Morgan fingerprint density at radius 1 is 1.57 bits per heavy atom. The molecule has 14 heavy (non-hydrogen) atoms. The van der Waals surface area contributed by atoms with E-state index in [0.717, 1.165) is 0 Å². The van der Waals surface area contributed by atoms with Crippen LogP contribution in [0.25, 0.3) is 0 Å². The molecule has 0 aliphatic heterocycles. The Morgan fingerprint density at radius 2 is 2.29 bits per heavy atom. The van der Waals surface area contributed by atoms with E-state index in [4.69, 9.17) is 0 Å². The fourth-order valence-corrected chi connectivity index (χ4v) is 1.32. The van der Waals surface area contributed by atoms with Crippen LogP contribution in [-0.4, -0.2) is 28.7 Å². The van der Waals surface area contributed by atoms with Crippen molar-refractivity contribution in [2.45, 2.75) is 4.83 Å². The summed E-state index contributed by atoms with van der Waals surface area (Å²) in [6.07, 6.45) is 2.96. The van der Waals surface area contributed by atoms with Crippen molar-refractivity contribution in [2.24, 2.45) is 0 Å². The van der Waals surface area contributed by atoms with Crippen molar-refractivity contribution in [3.63, 3.8) is 0 Å². The zero-order valence-electron chi connectivity index (χ0n) is 7.44. The van der Waals surface area contributed by atoms with Crippen molar-refractivity contribution in [1.82, 2.24) is 4.98 Å². The summed E-state index contributed by atoms with van der Waals surface area (Å²) in [7, 11) is 1.23. The monoisotopic (exact) mass is 257 g/mol. The number of alkyl halides is 1. The molecule has 1 heterocycles. The van der Waals surface area contributed by atoms with Crippen molar-refractivity contribution in [3.8, 4) is 0 Å². The van der Waals surface area contributed by atoms with Gasteiger partial charge in [-0.1, -0.05) is 15.9 Å². The fraction of sp³-hybridized carbons (Fsp3) is 0.222. The minimum absolute atomic E-state index is 0.357. The van der Waals surface area contributed by atoms with Crippen LogP contribution in [0, 0.1) is 0 Å². The molecule has 4 nitrogen and oxygen atoms in total. The molecule has 5 heteroatoms. The molecule has 0 unspecified atom stereocenters. The first kappa shape index (κ1) is 10.8. The molecule has 0 N–H and O–H groups in total. The number of Topliss-reactive ketones (excluding diaryl/α,β-unsaturated/α-hetero) is 1. The number of nitrogens with zero attached hydrogens (tertiary/aromatic N) is 1. The van der Waals surface area contributed by atoms with Crippen molar-refractivity contribution in [1.29, 1.82) is 0 Å². The standard InChI is InChI=1S/C9H8BrNO3/c1-14-9(13)7(10)8(12)6-3-2-4-11-5-6/h2-5,7H,1H3/t7-/m0/s1. The van der Waals surface area contributed by atoms with Crippen LogP contribution < -0.4 is 0 Å². The van der Waals surface area contributed by atoms with Crippen LogP contribution in [0.3, 0.4) is 0 Å². The summed E-state index contributed by atoms with van der Waals surface area (Å²) in [6.45, 7) is 0. The van der Waals surface area contributed by atoms with E-state index in [9.17, 15) is 9.59 Å². The Labute approximate surface area is 89.4 Å². The highest BCUT2D eigenvalue weighted by molar-refractivity contribution is 9.10. The summed E-state index contributed by atoms with van der Waals surface area (Å²) in [5, 5.41) is 0. The molecule has 0 aliphatic rings. The van der Waals surface area contributed by atoms with Crippen molar-refractivity contribution < 1.29 is 14.3 Å². The molecular formula is C9H8BrNO3. The summed E-state index contributed by atoms with van der Waals surface area (Å²) in [5.41, 5.74) is 0.375. The number of ether oxygens (including phenoxy) is 1. The minimum Gasteiger partial charge on any atom is -0.468 e. The molecule has 1 rings (SSSR count). The van der Waals surface area contributed by atoms with E-state index < -0.39 is 10.8 Å². The zero-order valence-corrected chi connectivity index (χ0v) is 9.02.